The Morgan fingerprint density at radius 2 is 1.95 bits per heavy atom. The van der Waals surface area contributed by atoms with Crippen molar-refractivity contribution in [3.05, 3.63) is 30.3 Å². The molecule has 0 saturated heterocycles. The van der Waals surface area contributed by atoms with Gasteiger partial charge in [0.2, 0.25) is 0 Å². The van der Waals surface area contributed by atoms with Crippen LogP contribution in [0.1, 0.15) is 39.5 Å². The van der Waals surface area contributed by atoms with E-state index in [2.05, 4.69) is 49.1 Å². The fraction of sp³-hybridized carbons (Fsp3) is 0.647. The Hall–Kier alpha value is -1.06. The number of benzene rings is 1. The van der Waals surface area contributed by atoms with E-state index in [1.54, 1.807) is 0 Å². The molecule has 0 atom stereocenters. The third-order valence-corrected chi connectivity index (χ3v) is 4.37. The van der Waals surface area contributed by atoms with Gasteiger partial charge < -0.3 is 15.4 Å². The summed E-state index contributed by atoms with van der Waals surface area (Å²) in [6.07, 6.45) is 4.90. The maximum Gasteiger partial charge on any atom is 0.0620 e. The number of para-hydroxylation sites is 1. The molecule has 112 valence electrons. The Morgan fingerprint density at radius 3 is 2.50 bits per heavy atom. The summed E-state index contributed by atoms with van der Waals surface area (Å²) in [5, 5.41) is 0. The molecular weight excluding hydrogens is 248 g/mol. The van der Waals surface area contributed by atoms with E-state index in [1.807, 2.05) is 0 Å². The van der Waals surface area contributed by atoms with Crippen LogP contribution in [0.15, 0.2) is 30.3 Å². The van der Waals surface area contributed by atoms with Crippen molar-refractivity contribution in [2.24, 2.45) is 5.73 Å². The highest BCUT2D eigenvalue weighted by Crippen LogP contribution is 2.41. The molecule has 0 radical (unpaired) electrons. The van der Waals surface area contributed by atoms with Gasteiger partial charge in [-0.2, -0.15) is 0 Å². The van der Waals surface area contributed by atoms with Crippen molar-refractivity contribution in [2.45, 2.75) is 51.2 Å². The number of unbranched alkanes of at least 4 members (excludes halogenated alkanes) is 1. The zero-order chi connectivity index (χ0) is 14.4. The van der Waals surface area contributed by atoms with Crippen LogP contribution in [-0.2, 0) is 4.74 Å². The van der Waals surface area contributed by atoms with E-state index in [4.69, 9.17) is 10.5 Å². The van der Waals surface area contributed by atoms with Gasteiger partial charge in [-0.25, -0.2) is 0 Å². The highest BCUT2D eigenvalue weighted by atomic mass is 16.5. The summed E-state index contributed by atoms with van der Waals surface area (Å²) in [7, 11) is 0. The number of nitrogens with two attached hydrogens (primary N) is 1. The molecule has 20 heavy (non-hydrogen) atoms. The van der Waals surface area contributed by atoms with E-state index in [0.717, 1.165) is 26.0 Å². The molecule has 0 spiro atoms. The molecule has 3 heteroatoms. The summed E-state index contributed by atoms with van der Waals surface area (Å²) < 4.78 is 5.74. The molecule has 1 fully saturated rings. The first-order valence-electron chi connectivity index (χ1n) is 7.90. The first-order chi connectivity index (χ1) is 9.75. The maximum absolute atomic E-state index is 6.14. The van der Waals surface area contributed by atoms with E-state index < -0.39 is 0 Å². The largest absolute Gasteiger partial charge is 0.378 e. The maximum atomic E-state index is 6.14. The summed E-state index contributed by atoms with van der Waals surface area (Å²) in [6.45, 7) is 6.88. The van der Waals surface area contributed by atoms with Crippen LogP contribution >= 0.6 is 0 Å². The minimum atomic E-state index is 0.0936. The Bertz CT molecular complexity index is 387. The van der Waals surface area contributed by atoms with Crippen LogP contribution in [0.3, 0.4) is 0 Å². The van der Waals surface area contributed by atoms with Crippen LogP contribution in [0.5, 0.6) is 0 Å². The summed E-state index contributed by atoms with van der Waals surface area (Å²) in [6, 6.07) is 10.7. The molecular formula is C17H28N2O. The lowest BCUT2D eigenvalue weighted by atomic mass is 9.72. The van der Waals surface area contributed by atoms with Crippen LogP contribution < -0.4 is 10.6 Å². The second kappa shape index (κ2) is 7.09. The molecule has 1 aromatic rings. The standard InChI is InChI=1S/C17H28N2O/c1-3-5-11-19(15-9-7-6-8-10-15)17(14-18)12-16(13-17)20-4-2/h6-10,16H,3-5,11-14,18H2,1-2H3. The van der Waals surface area contributed by atoms with Gasteiger partial charge in [0, 0.05) is 25.4 Å². The summed E-state index contributed by atoms with van der Waals surface area (Å²) in [5.74, 6) is 0. The molecule has 0 amide bonds. The first kappa shape index (κ1) is 15.3. The van der Waals surface area contributed by atoms with E-state index >= 15 is 0 Å². The van der Waals surface area contributed by atoms with Gasteiger partial charge in [0.05, 0.1) is 11.6 Å². The molecule has 2 rings (SSSR count). The fourth-order valence-corrected chi connectivity index (χ4v) is 3.20. The SMILES string of the molecule is CCCCN(c1ccccc1)C1(CN)CC(OCC)C1. The number of anilines is 1. The van der Waals surface area contributed by atoms with Crippen molar-refractivity contribution in [3.8, 4) is 0 Å². The number of hydrogen-bond acceptors (Lipinski definition) is 3. The van der Waals surface area contributed by atoms with Gasteiger partial charge in [0.25, 0.3) is 0 Å². The molecule has 0 aromatic heterocycles. The molecule has 1 saturated carbocycles. The van der Waals surface area contributed by atoms with Crippen molar-refractivity contribution in [2.75, 3.05) is 24.6 Å². The van der Waals surface area contributed by atoms with Crippen LogP contribution in [-0.4, -0.2) is 31.3 Å². The predicted molar refractivity (Wildman–Crippen MR) is 85.1 cm³/mol. The average Bonchev–Trinajstić information content (AvgIpc) is 2.45. The van der Waals surface area contributed by atoms with Crippen LogP contribution in [0.4, 0.5) is 5.69 Å². The molecule has 1 aromatic carbocycles. The number of hydrogen-bond donors (Lipinski definition) is 1. The summed E-state index contributed by atoms with van der Waals surface area (Å²) in [4.78, 5) is 2.52. The predicted octanol–water partition coefficient (Wildman–Crippen LogP) is 3.19. The normalized spacial score (nSPS) is 25.2. The van der Waals surface area contributed by atoms with E-state index in [-0.39, 0.29) is 5.54 Å². The van der Waals surface area contributed by atoms with Gasteiger partial charge in [-0.3, -0.25) is 0 Å². The first-order valence-corrected chi connectivity index (χ1v) is 7.90. The fourth-order valence-electron chi connectivity index (χ4n) is 3.20. The Balaban J connectivity index is 2.13. The highest BCUT2D eigenvalue weighted by molar-refractivity contribution is 5.50. The molecule has 0 aliphatic heterocycles. The Labute approximate surface area is 123 Å². The lowest BCUT2D eigenvalue weighted by Crippen LogP contribution is -2.64. The van der Waals surface area contributed by atoms with Crippen molar-refractivity contribution >= 4 is 5.69 Å². The molecule has 3 nitrogen and oxygen atoms in total. The number of ether oxygens (including phenoxy) is 1. The summed E-state index contributed by atoms with van der Waals surface area (Å²) >= 11 is 0. The lowest BCUT2D eigenvalue weighted by Gasteiger charge is -2.54. The highest BCUT2D eigenvalue weighted by Gasteiger charge is 2.48. The number of rotatable bonds is 8. The van der Waals surface area contributed by atoms with Gasteiger partial charge in [-0.1, -0.05) is 31.5 Å². The van der Waals surface area contributed by atoms with Crippen molar-refractivity contribution < 1.29 is 4.74 Å². The van der Waals surface area contributed by atoms with Gasteiger partial charge in [0.15, 0.2) is 0 Å². The minimum absolute atomic E-state index is 0.0936. The van der Waals surface area contributed by atoms with E-state index in [1.165, 1.54) is 18.5 Å². The molecule has 1 aliphatic carbocycles. The van der Waals surface area contributed by atoms with Crippen LogP contribution in [0.25, 0.3) is 0 Å². The zero-order valence-corrected chi connectivity index (χ0v) is 12.8. The Morgan fingerprint density at radius 1 is 1.25 bits per heavy atom. The smallest absolute Gasteiger partial charge is 0.0620 e. The molecule has 2 N–H and O–H groups in total. The molecule has 0 bridgehead atoms. The second-order valence-corrected chi connectivity index (χ2v) is 5.75. The van der Waals surface area contributed by atoms with Crippen LogP contribution in [0, 0.1) is 0 Å². The average molecular weight is 276 g/mol. The molecule has 0 heterocycles. The number of nitrogens with zero attached hydrogens (tertiary/aromatic N) is 1. The minimum Gasteiger partial charge on any atom is -0.378 e. The van der Waals surface area contributed by atoms with Gasteiger partial charge >= 0.3 is 0 Å². The van der Waals surface area contributed by atoms with E-state index in [9.17, 15) is 0 Å². The van der Waals surface area contributed by atoms with Gasteiger partial charge in [0.1, 0.15) is 0 Å². The molecule has 1 aliphatic rings. The van der Waals surface area contributed by atoms with Crippen molar-refractivity contribution in [1.82, 2.24) is 0 Å². The van der Waals surface area contributed by atoms with Crippen molar-refractivity contribution in [3.63, 3.8) is 0 Å². The second-order valence-electron chi connectivity index (χ2n) is 5.75. The third kappa shape index (κ3) is 3.15. The molecule has 0 unspecified atom stereocenters. The lowest BCUT2D eigenvalue weighted by molar-refractivity contribution is -0.0370. The third-order valence-electron chi connectivity index (χ3n) is 4.37. The van der Waals surface area contributed by atoms with Crippen molar-refractivity contribution in [1.29, 1.82) is 0 Å². The van der Waals surface area contributed by atoms with Gasteiger partial charge in [-0.15, -0.1) is 0 Å². The monoisotopic (exact) mass is 276 g/mol. The van der Waals surface area contributed by atoms with Crippen LogP contribution in [0.2, 0.25) is 0 Å². The topological polar surface area (TPSA) is 38.5 Å². The summed E-state index contributed by atoms with van der Waals surface area (Å²) in [5.41, 5.74) is 7.53. The zero-order valence-electron chi connectivity index (χ0n) is 12.8. The van der Waals surface area contributed by atoms with Gasteiger partial charge in [-0.05, 0) is 38.3 Å². The Kier molecular flexibility index (Phi) is 5.44. The quantitative estimate of drug-likeness (QED) is 0.792. The van der Waals surface area contributed by atoms with E-state index in [0.29, 0.717) is 12.6 Å².